The van der Waals surface area contributed by atoms with Crippen LogP contribution in [0.25, 0.3) is 16.6 Å². The van der Waals surface area contributed by atoms with Crippen molar-refractivity contribution in [3.05, 3.63) is 90.8 Å². The molecule has 0 bridgehead atoms. The Kier molecular flexibility index (Phi) is 6.25. The van der Waals surface area contributed by atoms with Gasteiger partial charge in [0.1, 0.15) is 5.82 Å². The number of nitrogens with one attached hydrogen (secondary N) is 1. The predicted octanol–water partition coefficient (Wildman–Crippen LogP) is 2.13. The Balaban J connectivity index is 1.71. The monoisotopic (exact) mass is 477 g/mol. The maximum absolute atomic E-state index is 13.4. The molecule has 9 nitrogen and oxygen atoms in total. The van der Waals surface area contributed by atoms with Gasteiger partial charge in [-0.25, -0.2) is 9.78 Å². The second-order valence-corrected chi connectivity index (χ2v) is 8.89. The van der Waals surface area contributed by atoms with Gasteiger partial charge in [0.25, 0.3) is 11.1 Å². The second-order valence-electron chi connectivity index (χ2n) is 7.95. The van der Waals surface area contributed by atoms with E-state index in [1.165, 1.54) is 29.3 Å². The number of nitrogens with zero attached hydrogens (tertiary/aromatic N) is 4. The Morgan fingerprint density at radius 1 is 1.00 bits per heavy atom. The highest BCUT2D eigenvalue weighted by molar-refractivity contribution is 7.99. The Bertz CT molecular complexity index is 1620. The molecule has 0 radical (unpaired) electrons. The maximum Gasteiger partial charge on any atom is 0.332 e. The average Bonchev–Trinajstić information content (AvgIpc) is 2.81. The highest BCUT2D eigenvalue weighted by atomic mass is 32.2. The van der Waals surface area contributed by atoms with Crippen LogP contribution in [0.3, 0.4) is 0 Å². The third kappa shape index (κ3) is 4.32. The van der Waals surface area contributed by atoms with E-state index in [1.807, 2.05) is 32.0 Å². The Morgan fingerprint density at radius 3 is 2.47 bits per heavy atom. The number of hydrogen-bond donors (Lipinski definition) is 1. The number of para-hydroxylation sites is 1. The summed E-state index contributed by atoms with van der Waals surface area (Å²) in [6, 6.07) is 14.0. The number of rotatable bonds is 5. The number of carbonyl (C=O) groups excluding carboxylic acids is 1. The minimum absolute atomic E-state index is 0.0842. The first-order valence-electron chi connectivity index (χ1n) is 10.5. The molecule has 0 fully saturated rings. The fraction of sp³-hybridized carbons (Fsp3) is 0.208. The molecule has 1 N–H and O–H groups in total. The normalized spacial score (nSPS) is 11.1. The summed E-state index contributed by atoms with van der Waals surface area (Å²) in [7, 11) is 2.83. The molecule has 0 saturated carbocycles. The van der Waals surface area contributed by atoms with Gasteiger partial charge in [0.05, 0.1) is 22.3 Å². The highest BCUT2D eigenvalue weighted by Crippen LogP contribution is 2.24. The SMILES string of the molecule is Cc1ccc(-n2c(SCC(=O)Nc3cc(=O)n(C)c(=O)n3C)nc3ccccc3c2=O)c(C)c1. The summed E-state index contributed by atoms with van der Waals surface area (Å²) < 4.78 is 3.65. The van der Waals surface area contributed by atoms with Gasteiger partial charge in [-0.1, -0.05) is 41.6 Å². The lowest BCUT2D eigenvalue weighted by Gasteiger charge is -2.16. The lowest BCUT2D eigenvalue weighted by Crippen LogP contribution is -2.38. The molecule has 2 aromatic heterocycles. The Hall–Kier alpha value is -3.92. The number of benzene rings is 2. The summed E-state index contributed by atoms with van der Waals surface area (Å²) >= 11 is 1.10. The average molecular weight is 478 g/mol. The molecule has 0 aliphatic rings. The van der Waals surface area contributed by atoms with Crippen molar-refractivity contribution in [1.29, 1.82) is 0 Å². The van der Waals surface area contributed by atoms with Crippen LogP contribution in [-0.2, 0) is 18.9 Å². The number of thioether (sulfide) groups is 1. The number of carbonyl (C=O) groups is 1. The molecule has 0 unspecified atom stereocenters. The Labute approximate surface area is 198 Å². The summed E-state index contributed by atoms with van der Waals surface area (Å²) in [5.41, 5.74) is 1.89. The fourth-order valence-corrected chi connectivity index (χ4v) is 4.45. The smallest absolute Gasteiger partial charge is 0.311 e. The summed E-state index contributed by atoms with van der Waals surface area (Å²) in [6.07, 6.45) is 0. The van der Waals surface area contributed by atoms with E-state index < -0.39 is 17.2 Å². The van der Waals surface area contributed by atoms with Crippen LogP contribution in [0.1, 0.15) is 11.1 Å². The molecule has 0 saturated heterocycles. The van der Waals surface area contributed by atoms with E-state index in [2.05, 4.69) is 10.3 Å². The Morgan fingerprint density at radius 2 is 1.74 bits per heavy atom. The number of anilines is 1. The molecule has 0 aliphatic heterocycles. The maximum atomic E-state index is 13.4. The number of fused-ring (bicyclic) bond motifs is 1. The van der Waals surface area contributed by atoms with Gasteiger partial charge in [-0.2, -0.15) is 0 Å². The van der Waals surface area contributed by atoms with Gasteiger partial charge < -0.3 is 5.32 Å². The van der Waals surface area contributed by atoms with Crippen molar-refractivity contribution >= 4 is 34.4 Å². The van der Waals surface area contributed by atoms with Crippen molar-refractivity contribution in [2.75, 3.05) is 11.1 Å². The minimum atomic E-state index is -0.546. The zero-order valence-electron chi connectivity index (χ0n) is 19.2. The van der Waals surface area contributed by atoms with Crippen molar-refractivity contribution in [2.24, 2.45) is 14.1 Å². The van der Waals surface area contributed by atoms with Crippen molar-refractivity contribution in [2.45, 2.75) is 19.0 Å². The van der Waals surface area contributed by atoms with Crippen molar-refractivity contribution in [3.63, 3.8) is 0 Å². The van der Waals surface area contributed by atoms with E-state index in [4.69, 9.17) is 0 Å². The first kappa shape index (κ1) is 23.2. The van der Waals surface area contributed by atoms with Crippen LogP contribution in [-0.4, -0.2) is 30.3 Å². The first-order valence-corrected chi connectivity index (χ1v) is 11.4. The molecule has 34 heavy (non-hydrogen) atoms. The third-order valence-electron chi connectivity index (χ3n) is 5.46. The quantitative estimate of drug-likeness (QED) is 0.349. The molecule has 2 aromatic carbocycles. The second kappa shape index (κ2) is 9.14. The zero-order valence-corrected chi connectivity index (χ0v) is 20.0. The number of aryl methyl sites for hydroxylation is 2. The van der Waals surface area contributed by atoms with Gasteiger partial charge in [-0.3, -0.25) is 28.1 Å². The molecule has 0 spiro atoms. The summed E-state index contributed by atoms with van der Waals surface area (Å²) in [4.78, 5) is 54.8. The molecule has 4 rings (SSSR count). The van der Waals surface area contributed by atoms with Crippen LogP contribution in [0.2, 0.25) is 0 Å². The standard InChI is InChI=1S/C24H23N5O4S/c1-14-9-10-18(15(2)11-14)29-22(32)16-7-5-6-8-17(16)25-23(29)34-13-20(30)26-19-12-21(31)28(4)24(33)27(19)3/h5-12H,13H2,1-4H3,(H,26,30). The van der Waals surface area contributed by atoms with Crippen molar-refractivity contribution in [1.82, 2.24) is 18.7 Å². The van der Waals surface area contributed by atoms with Crippen LogP contribution in [0, 0.1) is 13.8 Å². The first-order chi connectivity index (χ1) is 16.2. The third-order valence-corrected chi connectivity index (χ3v) is 6.40. The molecule has 2 heterocycles. The molecular formula is C24H23N5O4S. The topological polar surface area (TPSA) is 108 Å². The van der Waals surface area contributed by atoms with Crippen molar-refractivity contribution in [3.8, 4) is 5.69 Å². The number of aromatic nitrogens is 4. The molecule has 1 amide bonds. The number of hydrogen-bond acceptors (Lipinski definition) is 6. The lowest BCUT2D eigenvalue weighted by molar-refractivity contribution is -0.113. The van der Waals surface area contributed by atoms with Crippen LogP contribution in [0.4, 0.5) is 5.82 Å². The van der Waals surface area contributed by atoms with Crippen LogP contribution >= 0.6 is 11.8 Å². The fourth-order valence-electron chi connectivity index (χ4n) is 3.64. The van der Waals surface area contributed by atoms with Gasteiger partial charge in [-0.15, -0.1) is 0 Å². The summed E-state index contributed by atoms with van der Waals surface area (Å²) in [5, 5.41) is 3.44. The van der Waals surface area contributed by atoms with E-state index >= 15 is 0 Å². The van der Waals surface area contributed by atoms with Crippen LogP contribution in [0.5, 0.6) is 0 Å². The predicted molar refractivity (Wildman–Crippen MR) is 133 cm³/mol. The minimum Gasteiger partial charge on any atom is -0.311 e. The molecule has 10 heteroatoms. The van der Waals surface area contributed by atoms with Gasteiger partial charge in [0.15, 0.2) is 5.16 Å². The van der Waals surface area contributed by atoms with E-state index in [-0.39, 0.29) is 17.1 Å². The van der Waals surface area contributed by atoms with Crippen LogP contribution in [0.15, 0.2) is 68.1 Å². The van der Waals surface area contributed by atoms with Gasteiger partial charge in [-0.05, 0) is 37.6 Å². The van der Waals surface area contributed by atoms with E-state index in [9.17, 15) is 19.2 Å². The van der Waals surface area contributed by atoms with E-state index in [0.29, 0.717) is 21.7 Å². The largest absolute Gasteiger partial charge is 0.332 e. The van der Waals surface area contributed by atoms with Gasteiger partial charge in [0.2, 0.25) is 5.91 Å². The molecule has 0 aliphatic carbocycles. The van der Waals surface area contributed by atoms with E-state index in [0.717, 1.165) is 27.5 Å². The van der Waals surface area contributed by atoms with Gasteiger partial charge >= 0.3 is 5.69 Å². The molecule has 174 valence electrons. The lowest BCUT2D eigenvalue weighted by atomic mass is 10.1. The summed E-state index contributed by atoms with van der Waals surface area (Å²) in [6.45, 7) is 3.89. The molecular weight excluding hydrogens is 454 g/mol. The van der Waals surface area contributed by atoms with Crippen molar-refractivity contribution < 1.29 is 4.79 Å². The molecule has 0 atom stereocenters. The van der Waals surface area contributed by atoms with Gasteiger partial charge in [0, 0.05) is 20.2 Å². The van der Waals surface area contributed by atoms with E-state index in [1.54, 1.807) is 24.3 Å². The summed E-state index contributed by atoms with van der Waals surface area (Å²) in [5.74, 6) is -0.432. The molecule has 4 aromatic rings. The van der Waals surface area contributed by atoms with Crippen LogP contribution < -0.4 is 22.1 Å². The number of amides is 1. The highest BCUT2D eigenvalue weighted by Gasteiger charge is 2.17. The zero-order chi connectivity index (χ0) is 24.6.